The van der Waals surface area contributed by atoms with Gasteiger partial charge in [0, 0.05) is 0 Å². The van der Waals surface area contributed by atoms with Crippen LogP contribution in [0.5, 0.6) is 0 Å². The molecule has 5 nitrogen and oxygen atoms in total. The van der Waals surface area contributed by atoms with Crippen LogP contribution in [0.2, 0.25) is 0 Å². The van der Waals surface area contributed by atoms with E-state index in [1.807, 2.05) is 49.4 Å². The summed E-state index contributed by atoms with van der Waals surface area (Å²) >= 11 is 0. The highest BCUT2D eigenvalue weighted by Gasteiger charge is 2.17. The molecule has 2 unspecified atom stereocenters. The molecule has 2 aromatic rings. The number of nitrogens with two attached hydrogens (primary N) is 1. The van der Waals surface area contributed by atoms with Crippen LogP contribution < -0.4 is 16.4 Å². The molecule has 0 heterocycles. The Kier molecular flexibility index (Phi) is 5.36. The number of carbonyl (C=O) groups excluding carboxylic acids is 2. The van der Waals surface area contributed by atoms with Crippen molar-refractivity contribution in [1.29, 1.82) is 0 Å². The van der Waals surface area contributed by atoms with E-state index in [9.17, 15) is 9.59 Å². The maximum atomic E-state index is 12.0. The first-order chi connectivity index (χ1) is 11.0. The first kappa shape index (κ1) is 16.5. The number of urea groups is 1. The van der Waals surface area contributed by atoms with Crippen LogP contribution in [-0.2, 0) is 4.79 Å². The molecule has 3 amide bonds. The van der Waals surface area contributed by atoms with Crippen LogP contribution in [0.4, 0.5) is 4.79 Å². The molecular formula is C18H21N3O2. The number of primary amides is 1. The van der Waals surface area contributed by atoms with Gasteiger partial charge in [0.15, 0.2) is 0 Å². The van der Waals surface area contributed by atoms with Crippen LogP contribution >= 0.6 is 0 Å². The minimum atomic E-state index is -0.715. The number of benzene rings is 2. The molecule has 0 aromatic heterocycles. The Labute approximate surface area is 135 Å². The van der Waals surface area contributed by atoms with Crippen molar-refractivity contribution in [2.75, 3.05) is 0 Å². The molecule has 0 spiro atoms. The van der Waals surface area contributed by atoms with Gasteiger partial charge >= 0.3 is 6.03 Å². The fourth-order valence-corrected chi connectivity index (χ4v) is 2.30. The van der Waals surface area contributed by atoms with Crippen molar-refractivity contribution in [3.8, 4) is 11.1 Å². The smallest absolute Gasteiger partial charge is 0.312 e. The summed E-state index contributed by atoms with van der Waals surface area (Å²) in [5.41, 5.74) is 8.28. The lowest BCUT2D eigenvalue weighted by Gasteiger charge is -2.18. The van der Waals surface area contributed by atoms with E-state index >= 15 is 0 Å². The Morgan fingerprint density at radius 2 is 1.43 bits per heavy atom. The highest BCUT2D eigenvalue weighted by Crippen LogP contribution is 2.21. The van der Waals surface area contributed by atoms with Gasteiger partial charge in [-0.2, -0.15) is 0 Å². The van der Waals surface area contributed by atoms with E-state index in [0.29, 0.717) is 0 Å². The average Bonchev–Trinajstić information content (AvgIpc) is 2.55. The van der Waals surface area contributed by atoms with E-state index in [-0.39, 0.29) is 11.9 Å². The minimum Gasteiger partial charge on any atom is -0.352 e. The van der Waals surface area contributed by atoms with E-state index in [1.165, 1.54) is 0 Å². The predicted octanol–water partition coefficient (Wildman–Crippen LogP) is 2.59. The molecule has 2 aromatic carbocycles. The Morgan fingerprint density at radius 3 is 2.00 bits per heavy atom. The average molecular weight is 311 g/mol. The largest absolute Gasteiger partial charge is 0.352 e. The van der Waals surface area contributed by atoms with Crippen molar-refractivity contribution in [3.05, 3.63) is 60.2 Å². The van der Waals surface area contributed by atoms with Gasteiger partial charge in [-0.25, -0.2) is 4.79 Å². The van der Waals surface area contributed by atoms with Crippen LogP contribution in [0, 0.1) is 0 Å². The molecule has 5 heteroatoms. The molecule has 0 aliphatic rings. The van der Waals surface area contributed by atoms with Gasteiger partial charge < -0.3 is 16.4 Å². The predicted molar refractivity (Wildman–Crippen MR) is 90.6 cm³/mol. The molecule has 0 saturated carbocycles. The molecule has 0 bridgehead atoms. The molecule has 0 saturated heterocycles. The van der Waals surface area contributed by atoms with Gasteiger partial charge in [0.2, 0.25) is 5.91 Å². The summed E-state index contributed by atoms with van der Waals surface area (Å²) in [6, 6.07) is 16.6. The quantitative estimate of drug-likeness (QED) is 0.793. The molecule has 2 atom stereocenters. The SMILES string of the molecule is CC(NC(N)=O)C(=O)NC(C)c1ccc(-c2ccccc2)cc1. The highest BCUT2D eigenvalue weighted by molar-refractivity contribution is 5.86. The van der Waals surface area contributed by atoms with E-state index < -0.39 is 12.1 Å². The standard InChI is InChI=1S/C18H21N3O2/c1-12(20-17(22)13(2)21-18(19)23)14-8-10-16(11-9-14)15-6-4-3-5-7-15/h3-13H,1-2H3,(H,20,22)(H3,19,21,23). The first-order valence-corrected chi connectivity index (χ1v) is 7.49. The number of rotatable bonds is 5. The summed E-state index contributed by atoms with van der Waals surface area (Å²) in [5, 5.41) is 5.21. The third-order valence-electron chi connectivity index (χ3n) is 3.63. The summed E-state index contributed by atoms with van der Waals surface area (Å²) in [4.78, 5) is 22.7. The second-order valence-corrected chi connectivity index (χ2v) is 5.45. The second-order valence-electron chi connectivity index (χ2n) is 5.45. The zero-order valence-electron chi connectivity index (χ0n) is 13.2. The molecular weight excluding hydrogens is 290 g/mol. The molecule has 0 radical (unpaired) electrons. The maximum Gasteiger partial charge on any atom is 0.312 e. The molecule has 23 heavy (non-hydrogen) atoms. The molecule has 120 valence electrons. The van der Waals surface area contributed by atoms with Gasteiger partial charge in [0.1, 0.15) is 6.04 Å². The number of hydrogen-bond donors (Lipinski definition) is 3. The van der Waals surface area contributed by atoms with Crippen molar-refractivity contribution in [3.63, 3.8) is 0 Å². The van der Waals surface area contributed by atoms with Crippen molar-refractivity contribution >= 4 is 11.9 Å². The van der Waals surface area contributed by atoms with Gasteiger partial charge in [-0.15, -0.1) is 0 Å². The molecule has 0 aliphatic heterocycles. The normalized spacial score (nSPS) is 13.0. The molecule has 0 aliphatic carbocycles. The summed E-state index contributed by atoms with van der Waals surface area (Å²) < 4.78 is 0. The maximum absolute atomic E-state index is 12.0. The van der Waals surface area contributed by atoms with Crippen molar-refractivity contribution in [2.45, 2.75) is 25.9 Å². The van der Waals surface area contributed by atoms with E-state index in [4.69, 9.17) is 5.73 Å². The van der Waals surface area contributed by atoms with Crippen LogP contribution in [-0.4, -0.2) is 18.0 Å². The molecule has 4 N–H and O–H groups in total. The monoisotopic (exact) mass is 311 g/mol. The van der Waals surface area contributed by atoms with Gasteiger partial charge in [0.05, 0.1) is 6.04 Å². The molecule has 2 rings (SSSR count). The van der Waals surface area contributed by atoms with Crippen molar-refractivity contribution in [1.82, 2.24) is 10.6 Å². The Balaban J connectivity index is 2.01. The van der Waals surface area contributed by atoms with Crippen LogP contribution in [0.15, 0.2) is 54.6 Å². The Morgan fingerprint density at radius 1 is 0.870 bits per heavy atom. The van der Waals surface area contributed by atoms with Crippen molar-refractivity contribution in [2.24, 2.45) is 5.73 Å². The summed E-state index contributed by atoms with van der Waals surface area (Å²) in [5.74, 6) is -0.275. The fourth-order valence-electron chi connectivity index (χ4n) is 2.30. The molecule has 0 fully saturated rings. The fraction of sp³-hybridized carbons (Fsp3) is 0.222. The van der Waals surface area contributed by atoms with Crippen LogP contribution in [0.25, 0.3) is 11.1 Å². The number of hydrogen-bond acceptors (Lipinski definition) is 2. The van der Waals surface area contributed by atoms with E-state index in [1.54, 1.807) is 6.92 Å². The lowest BCUT2D eigenvalue weighted by molar-refractivity contribution is -0.123. The zero-order valence-corrected chi connectivity index (χ0v) is 13.2. The van der Waals surface area contributed by atoms with Gasteiger partial charge in [-0.3, -0.25) is 4.79 Å². The number of nitrogens with one attached hydrogen (secondary N) is 2. The second kappa shape index (κ2) is 7.45. The lowest BCUT2D eigenvalue weighted by atomic mass is 10.0. The summed E-state index contributed by atoms with van der Waals surface area (Å²) in [6.45, 7) is 3.48. The summed E-state index contributed by atoms with van der Waals surface area (Å²) in [7, 11) is 0. The van der Waals surface area contributed by atoms with Crippen molar-refractivity contribution < 1.29 is 9.59 Å². The number of amides is 3. The van der Waals surface area contributed by atoms with Crippen LogP contribution in [0.1, 0.15) is 25.5 Å². The number of carbonyl (C=O) groups is 2. The minimum absolute atomic E-state index is 0.163. The van der Waals surface area contributed by atoms with Gasteiger partial charge in [-0.1, -0.05) is 54.6 Å². The van der Waals surface area contributed by atoms with Crippen LogP contribution in [0.3, 0.4) is 0 Å². The lowest BCUT2D eigenvalue weighted by Crippen LogP contribution is -2.47. The Hall–Kier alpha value is -2.82. The summed E-state index contributed by atoms with van der Waals surface area (Å²) in [6.07, 6.45) is 0. The topological polar surface area (TPSA) is 84.2 Å². The third-order valence-corrected chi connectivity index (χ3v) is 3.63. The van der Waals surface area contributed by atoms with E-state index in [2.05, 4.69) is 22.8 Å². The van der Waals surface area contributed by atoms with Gasteiger partial charge in [-0.05, 0) is 30.5 Å². The third kappa shape index (κ3) is 4.57. The van der Waals surface area contributed by atoms with E-state index in [0.717, 1.165) is 16.7 Å². The Bertz CT molecular complexity index is 668. The van der Waals surface area contributed by atoms with Gasteiger partial charge in [0.25, 0.3) is 0 Å². The highest BCUT2D eigenvalue weighted by atomic mass is 16.2. The first-order valence-electron chi connectivity index (χ1n) is 7.49. The zero-order chi connectivity index (χ0) is 16.8.